The van der Waals surface area contributed by atoms with E-state index in [0.29, 0.717) is 21.4 Å². The second-order valence-corrected chi connectivity index (χ2v) is 5.38. The number of aliphatic carboxylic acids is 1. The Morgan fingerprint density at radius 1 is 1.25 bits per heavy atom. The highest BCUT2D eigenvalue weighted by Crippen LogP contribution is 2.31. The average Bonchev–Trinajstić information content (AvgIpc) is 2.32. The normalized spacial score (nSPS) is 10.2. The minimum absolute atomic E-state index is 0.00232. The summed E-state index contributed by atoms with van der Waals surface area (Å²) in [5, 5.41) is 9.11. The van der Waals surface area contributed by atoms with E-state index in [1.807, 2.05) is 0 Å². The maximum absolute atomic E-state index is 10.3. The van der Waals surface area contributed by atoms with Crippen molar-refractivity contribution in [3.8, 4) is 5.75 Å². The van der Waals surface area contributed by atoms with Gasteiger partial charge < -0.3 is 14.6 Å². The Kier molecular flexibility index (Phi) is 7.48. The molecule has 0 radical (unpaired) electrons. The van der Waals surface area contributed by atoms with Crippen LogP contribution in [0.5, 0.6) is 5.75 Å². The fraction of sp³-hybridized carbons (Fsp3) is 0.250. The van der Waals surface area contributed by atoms with Gasteiger partial charge in [-0.3, -0.25) is 0 Å². The second-order valence-electron chi connectivity index (χ2n) is 3.56. The molecule has 1 N–H and O–H groups in total. The standard InChI is InChI=1S/C12H10Cl4O4/c13-9-3-7(20-2-1-11(15)16)4-10(14)8(9)5-19-6-12(17)18/h1,3-4H,2,5-6H2,(H,17,18). The largest absolute Gasteiger partial charge is 0.489 e. The first-order chi connectivity index (χ1) is 9.40. The Balaban J connectivity index is 2.70. The number of carboxylic acid groups (broad SMARTS) is 1. The van der Waals surface area contributed by atoms with E-state index < -0.39 is 12.6 Å². The van der Waals surface area contributed by atoms with Crippen LogP contribution >= 0.6 is 46.4 Å². The van der Waals surface area contributed by atoms with E-state index in [-0.39, 0.29) is 17.7 Å². The Morgan fingerprint density at radius 3 is 2.35 bits per heavy atom. The first-order valence-corrected chi connectivity index (χ1v) is 6.82. The van der Waals surface area contributed by atoms with E-state index in [1.165, 1.54) is 6.08 Å². The molecule has 0 atom stereocenters. The highest BCUT2D eigenvalue weighted by Gasteiger charge is 2.10. The summed E-state index contributed by atoms with van der Waals surface area (Å²) in [6.45, 7) is -0.258. The summed E-state index contributed by atoms with van der Waals surface area (Å²) < 4.78 is 10.4. The molecule has 0 unspecified atom stereocenters. The van der Waals surface area contributed by atoms with Gasteiger partial charge in [-0.2, -0.15) is 0 Å². The maximum atomic E-state index is 10.3. The minimum atomic E-state index is -1.07. The van der Waals surface area contributed by atoms with Crippen molar-refractivity contribution in [2.75, 3.05) is 13.2 Å². The summed E-state index contributed by atoms with van der Waals surface area (Å²) in [5.74, 6) is -0.630. The van der Waals surface area contributed by atoms with Crippen LogP contribution in [0.15, 0.2) is 22.7 Å². The first kappa shape index (κ1) is 17.4. The van der Waals surface area contributed by atoms with E-state index >= 15 is 0 Å². The van der Waals surface area contributed by atoms with Gasteiger partial charge in [0.1, 0.15) is 23.5 Å². The van der Waals surface area contributed by atoms with Crippen molar-refractivity contribution in [2.24, 2.45) is 0 Å². The van der Waals surface area contributed by atoms with Crippen molar-refractivity contribution >= 4 is 52.4 Å². The Morgan fingerprint density at radius 2 is 1.85 bits per heavy atom. The Hall–Kier alpha value is -0.650. The number of halogens is 4. The number of ether oxygens (including phenoxy) is 2. The van der Waals surface area contributed by atoms with E-state index in [9.17, 15) is 4.79 Å². The molecule has 110 valence electrons. The van der Waals surface area contributed by atoms with Crippen LogP contribution < -0.4 is 4.74 Å². The van der Waals surface area contributed by atoms with Crippen molar-refractivity contribution in [1.29, 1.82) is 0 Å². The lowest BCUT2D eigenvalue weighted by Crippen LogP contribution is -2.07. The molecule has 0 aliphatic rings. The van der Waals surface area contributed by atoms with Crippen molar-refractivity contribution in [3.05, 3.63) is 38.3 Å². The third kappa shape index (κ3) is 6.20. The zero-order chi connectivity index (χ0) is 15.1. The topological polar surface area (TPSA) is 55.8 Å². The molecule has 0 aliphatic carbocycles. The number of hydrogen-bond donors (Lipinski definition) is 1. The smallest absolute Gasteiger partial charge is 0.329 e. The lowest BCUT2D eigenvalue weighted by molar-refractivity contribution is -0.142. The molecule has 4 nitrogen and oxygen atoms in total. The molecule has 0 aliphatic heterocycles. The molecule has 0 aromatic heterocycles. The molecule has 1 rings (SSSR count). The molecule has 0 amide bonds. The van der Waals surface area contributed by atoms with Gasteiger partial charge in [0.25, 0.3) is 0 Å². The van der Waals surface area contributed by atoms with Crippen LogP contribution in [-0.2, 0) is 16.1 Å². The maximum Gasteiger partial charge on any atom is 0.329 e. The van der Waals surface area contributed by atoms with Gasteiger partial charge in [0, 0.05) is 5.56 Å². The van der Waals surface area contributed by atoms with Crippen molar-refractivity contribution in [2.45, 2.75) is 6.61 Å². The summed E-state index contributed by atoms with van der Waals surface area (Å²) in [6, 6.07) is 3.09. The molecule has 1 aromatic rings. The second kappa shape index (κ2) is 8.60. The summed E-state index contributed by atoms with van der Waals surface area (Å²) in [7, 11) is 0. The summed E-state index contributed by atoms with van der Waals surface area (Å²) in [6.07, 6.45) is 1.47. The van der Waals surface area contributed by atoms with Crippen molar-refractivity contribution in [1.82, 2.24) is 0 Å². The average molecular weight is 360 g/mol. The van der Waals surface area contributed by atoms with Crippen LogP contribution in [0.25, 0.3) is 0 Å². The summed E-state index contributed by atoms with van der Waals surface area (Å²) >= 11 is 23.0. The quantitative estimate of drug-likeness (QED) is 0.788. The van der Waals surface area contributed by atoms with E-state index in [2.05, 4.69) is 0 Å². The predicted octanol–water partition coefficient (Wildman–Crippen LogP) is 4.29. The fourth-order valence-corrected chi connectivity index (χ4v) is 1.94. The molecule has 0 saturated heterocycles. The molecule has 8 heteroatoms. The third-order valence-corrected chi connectivity index (χ3v) is 3.06. The van der Waals surface area contributed by atoms with Crippen LogP contribution in [0.1, 0.15) is 5.56 Å². The van der Waals surface area contributed by atoms with Gasteiger partial charge in [0.2, 0.25) is 0 Å². The first-order valence-electron chi connectivity index (χ1n) is 5.31. The number of rotatable bonds is 7. The molecule has 0 saturated carbocycles. The molecular weight excluding hydrogens is 350 g/mol. The highest BCUT2D eigenvalue weighted by molar-refractivity contribution is 6.55. The van der Waals surface area contributed by atoms with Crippen LogP contribution in [0.2, 0.25) is 10.0 Å². The predicted molar refractivity (Wildman–Crippen MR) is 79.0 cm³/mol. The number of benzene rings is 1. The van der Waals surface area contributed by atoms with E-state index in [4.69, 9.17) is 61.0 Å². The number of carboxylic acids is 1. The van der Waals surface area contributed by atoms with E-state index in [1.54, 1.807) is 12.1 Å². The van der Waals surface area contributed by atoms with Crippen LogP contribution in [-0.4, -0.2) is 24.3 Å². The molecule has 1 aromatic carbocycles. The summed E-state index contributed by atoms with van der Waals surface area (Å²) in [5.41, 5.74) is 0.493. The monoisotopic (exact) mass is 358 g/mol. The molecule has 0 spiro atoms. The van der Waals surface area contributed by atoms with Gasteiger partial charge in [0.05, 0.1) is 16.7 Å². The zero-order valence-corrected chi connectivity index (χ0v) is 13.1. The lowest BCUT2D eigenvalue weighted by atomic mass is 10.2. The van der Waals surface area contributed by atoms with Crippen LogP contribution in [0, 0.1) is 0 Å². The molecule has 20 heavy (non-hydrogen) atoms. The van der Waals surface area contributed by atoms with Crippen molar-refractivity contribution < 1.29 is 19.4 Å². The Bertz CT molecular complexity index is 489. The zero-order valence-electron chi connectivity index (χ0n) is 10.0. The minimum Gasteiger partial charge on any atom is -0.489 e. The van der Waals surface area contributed by atoms with Gasteiger partial charge in [-0.15, -0.1) is 0 Å². The van der Waals surface area contributed by atoms with Gasteiger partial charge in [-0.1, -0.05) is 46.4 Å². The highest BCUT2D eigenvalue weighted by atomic mass is 35.5. The molecule has 0 heterocycles. The van der Waals surface area contributed by atoms with Gasteiger partial charge >= 0.3 is 5.97 Å². The molecule has 0 bridgehead atoms. The SMILES string of the molecule is O=C(O)COCc1c(Cl)cc(OCC=C(Cl)Cl)cc1Cl. The summed E-state index contributed by atoms with van der Waals surface area (Å²) in [4.78, 5) is 10.3. The van der Waals surface area contributed by atoms with Crippen molar-refractivity contribution in [3.63, 3.8) is 0 Å². The van der Waals surface area contributed by atoms with Crippen LogP contribution in [0.3, 0.4) is 0 Å². The van der Waals surface area contributed by atoms with Gasteiger partial charge in [-0.25, -0.2) is 4.79 Å². The molecule has 0 fully saturated rings. The molecular formula is C12H10Cl4O4. The fourth-order valence-electron chi connectivity index (χ4n) is 1.24. The van der Waals surface area contributed by atoms with Gasteiger partial charge in [0.15, 0.2) is 0 Å². The lowest BCUT2D eigenvalue weighted by Gasteiger charge is -2.10. The number of hydrogen-bond acceptors (Lipinski definition) is 3. The number of carbonyl (C=O) groups is 1. The van der Waals surface area contributed by atoms with Gasteiger partial charge in [-0.05, 0) is 18.2 Å². The van der Waals surface area contributed by atoms with Crippen LogP contribution in [0.4, 0.5) is 0 Å². The van der Waals surface area contributed by atoms with E-state index in [0.717, 1.165) is 0 Å². The Labute approximate surface area is 135 Å². The third-order valence-electron chi connectivity index (χ3n) is 2.07.